The van der Waals surface area contributed by atoms with Crippen LogP contribution in [0.2, 0.25) is 0 Å². The number of morpholine rings is 1. The number of rotatable bonds is 6. The summed E-state index contributed by atoms with van der Waals surface area (Å²) in [5.74, 6) is 0.306. The number of anilines is 1. The van der Waals surface area contributed by atoms with E-state index < -0.39 is 0 Å². The molecule has 0 bridgehead atoms. The zero-order valence-corrected chi connectivity index (χ0v) is 12.5. The lowest BCUT2D eigenvalue weighted by atomic mass is 10.0. The van der Waals surface area contributed by atoms with E-state index in [9.17, 15) is 5.11 Å². The molecule has 1 fully saturated rings. The van der Waals surface area contributed by atoms with Crippen LogP contribution >= 0.6 is 0 Å². The van der Waals surface area contributed by atoms with Crippen molar-refractivity contribution < 1.29 is 14.3 Å². The average Bonchev–Trinajstić information content (AvgIpc) is 2.43. The highest BCUT2D eigenvalue weighted by Gasteiger charge is 2.24. The number of nitrogens with zero attached hydrogens (tertiary/aromatic N) is 1. The molecule has 1 aliphatic heterocycles. The molecule has 3 N–H and O–H groups in total. The number of ether oxygens (including phenoxy) is 1. The molecule has 0 radical (unpaired) electrons. The molecular formula is C16H27N2O2+. The van der Waals surface area contributed by atoms with Crippen LogP contribution in [0.5, 0.6) is 5.75 Å². The molecule has 2 rings (SSSR count). The number of nitrogens with two attached hydrogens (primary N) is 1. The van der Waals surface area contributed by atoms with Gasteiger partial charge in [0, 0.05) is 5.69 Å². The fraction of sp³-hybridized carbons (Fsp3) is 0.625. The highest BCUT2D eigenvalue weighted by atomic mass is 16.5. The normalized spacial score (nSPS) is 18.1. The van der Waals surface area contributed by atoms with Gasteiger partial charge in [0.1, 0.15) is 18.8 Å². The lowest BCUT2D eigenvalue weighted by Gasteiger charge is -2.37. The molecule has 0 spiro atoms. The number of phenolic OH excluding ortho intramolecular Hbond substituents is 1. The molecule has 1 heterocycles. The Bertz CT molecular complexity index is 428. The van der Waals surface area contributed by atoms with Gasteiger partial charge < -0.3 is 20.1 Å². The van der Waals surface area contributed by atoms with E-state index in [2.05, 4.69) is 7.05 Å². The first kappa shape index (κ1) is 15.1. The van der Waals surface area contributed by atoms with Crippen LogP contribution in [0.25, 0.3) is 0 Å². The van der Waals surface area contributed by atoms with Gasteiger partial charge in [0.05, 0.1) is 26.8 Å². The number of unbranched alkanes of at least 4 members (excludes halogenated alkanes) is 2. The third-order valence-electron chi connectivity index (χ3n) is 4.32. The van der Waals surface area contributed by atoms with Crippen LogP contribution in [0.15, 0.2) is 18.2 Å². The highest BCUT2D eigenvalue weighted by Crippen LogP contribution is 2.21. The smallest absolute Gasteiger partial charge is 0.116 e. The molecule has 1 aliphatic rings. The van der Waals surface area contributed by atoms with E-state index in [0.29, 0.717) is 5.75 Å². The number of likely N-dealkylation sites (N-methyl/N-ethyl adjacent to an activating group) is 1. The van der Waals surface area contributed by atoms with Gasteiger partial charge in [0.25, 0.3) is 0 Å². The topological polar surface area (TPSA) is 55.5 Å². The maximum absolute atomic E-state index is 9.47. The Kier molecular flexibility index (Phi) is 5.26. The third-order valence-corrected chi connectivity index (χ3v) is 4.32. The van der Waals surface area contributed by atoms with Gasteiger partial charge in [-0.1, -0.05) is 0 Å². The molecule has 0 atom stereocenters. The van der Waals surface area contributed by atoms with Crippen molar-refractivity contribution in [3.8, 4) is 5.75 Å². The highest BCUT2D eigenvalue weighted by molar-refractivity contribution is 5.50. The predicted octanol–water partition coefficient (Wildman–Crippen LogP) is 2.16. The number of benzene rings is 1. The monoisotopic (exact) mass is 279 g/mol. The van der Waals surface area contributed by atoms with Crippen molar-refractivity contribution in [2.45, 2.75) is 25.7 Å². The van der Waals surface area contributed by atoms with Crippen LogP contribution in [0.3, 0.4) is 0 Å². The van der Waals surface area contributed by atoms with Crippen molar-refractivity contribution in [1.82, 2.24) is 0 Å². The minimum absolute atomic E-state index is 0.306. The van der Waals surface area contributed by atoms with Gasteiger partial charge in [-0.3, -0.25) is 0 Å². The first-order valence-corrected chi connectivity index (χ1v) is 7.58. The first-order valence-electron chi connectivity index (χ1n) is 7.58. The van der Waals surface area contributed by atoms with E-state index in [-0.39, 0.29) is 0 Å². The van der Waals surface area contributed by atoms with Gasteiger partial charge in [-0.25, -0.2) is 0 Å². The second-order valence-corrected chi connectivity index (χ2v) is 6.10. The Morgan fingerprint density at radius 2 is 1.95 bits per heavy atom. The molecule has 4 nitrogen and oxygen atoms in total. The number of aromatic hydroxyl groups is 1. The van der Waals surface area contributed by atoms with Crippen molar-refractivity contribution in [2.24, 2.45) is 0 Å². The SMILES string of the molecule is C[N+]1(CCCCCc2cc(O)ccc2N)CCOCC1. The van der Waals surface area contributed by atoms with Gasteiger partial charge in [0.2, 0.25) is 0 Å². The van der Waals surface area contributed by atoms with Crippen molar-refractivity contribution in [3.05, 3.63) is 23.8 Å². The molecule has 0 unspecified atom stereocenters. The Morgan fingerprint density at radius 1 is 1.20 bits per heavy atom. The van der Waals surface area contributed by atoms with Crippen LogP contribution in [-0.4, -0.2) is 49.5 Å². The number of phenols is 1. The van der Waals surface area contributed by atoms with Crippen LogP contribution in [0, 0.1) is 0 Å². The van der Waals surface area contributed by atoms with Gasteiger partial charge in [-0.05, 0) is 49.4 Å². The van der Waals surface area contributed by atoms with E-state index >= 15 is 0 Å². The molecule has 112 valence electrons. The van der Waals surface area contributed by atoms with Crippen LogP contribution < -0.4 is 5.73 Å². The van der Waals surface area contributed by atoms with E-state index in [1.807, 2.05) is 0 Å². The van der Waals surface area contributed by atoms with Gasteiger partial charge in [-0.15, -0.1) is 0 Å². The summed E-state index contributed by atoms with van der Waals surface area (Å²) in [6.45, 7) is 5.31. The molecule has 20 heavy (non-hydrogen) atoms. The quantitative estimate of drug-likeness (QED) is 0.363. The predicted molar refractivity (Wildman–Crippen MR) is 81.7 cm³/mol. The van der Waals surface area contributed by atoms with E-state index in [1.54, 1.807) is 18.2 Å². The minimum atomic E-state index is 0.306. The largest absolute Gasteiger partial charge is 0.508 e. The zero-order chi connectivity index (χ0) is 14.4. The summed E-state index contributed by atoms with van der Waals surface area (Å²) in [4.78, 5) is 0. The summed E-state index contributed by atoms with van der Waals surface area (Å²) >= 11 is 0. The number of nitrogen functional groups attached to an aromatic ring is 1. The van der Waals surface area contributed by atoms with Gasteiger partial charge in [-0.2, -0.15) is 0 Å². The fourth-order valence-corrected chi connectivity index (χ4v) is 2.80. The van der Waals surface area contributed by atoms with E-state index in [1.165, 1.54) is 19.4 Å². The standard InChI is InChI=1S/C16H26N2O2/c1-18(9-11-20-12-10-18)8-4-2-3-5-14-13-15(19)6-7-16(14)17/h6-7,13H,2-5,8-12,17H2,1H3/p+1. The summed E-state index contributed by atoms with van der Waals surface area (Å²) in [5.41, 5.74) is 7.77. The molecule has 0 aliphatic carbocycles. The summed E-state index contributed by atoms with van der Waals surface area (Å²) in [6.07, 6.45) is 4.54. The second-order valence-electron chi connectivity index (χ2n) is 6.10. The fourth-order valence-electron chi connectivity index (χ4n) is 2.80. The molecule has 0 amide bonds. The number of hydrogen-bond donors (Lipinski definition) is 2. The van der Waals surface area contributed by atoms with Gasteiger partial charge >= 0.3 is 0 Å². The summed E-state index contributed by atoms with van der Waals surface area (Å²) in [7, 11) is 2.33. The molecule has 0 saturated carbocycles. The van der Waals surface area contributed by atoms with Crippen LogP contribution in [0.1, 0.15) is 24.8 Å². The second kappa shape index (κ2) is 6.95. The molecule has 0 aromatic heterocycles. The van der Waals surface area contributed by atoms with Crippen molar-refractivity contribution in [2.75, 3.05) is 45.6 Å². The maximum Gasteiger partial charge on any atom is 0.116 e. The lowest BCUT2D eigenvalue weighted by molar-refractivity contribution is -0.917. The van der Waals surface area contributed by atoms with E-state index in [0.717, 1.165) is 54.9 Å². The third kappa shape index (κ3) is 4.39. The molecule has 1 aromatic rings. The Hall–Kier alpha value is -1.26. The molecular weight excluding hydrogens is 252 g/mol. The minimum Gasteiger partial charge on any atom is -0.508 e. The zero-order valence-electron chi connectivity index (χ0n) is 12.5. The van der Waals surface area contributed by atoms with Gasteiger partial charge in [0.15, 0.2) is 0 Å². The summed E-state index contributed by atoms with van der Waals surface area (Å²) < 4.78 is 6.57. The average molecular weight is 279 g/mol. The first-order chi connectivity index (χ1) is 9.59. The molecule has 4 heteroatoms. The van der Waals surface area contributed by atoms with Crippen LogP contribution in [-0.2, 0) is 11.2 Å². The lowest BCUT2D eigenvalue weighted by Crippen LogP contribution is -2.52. The summed E-state index contributed by atoms with van der Waals surface area (Å²) in [6, 6.07) is 5.21. The van der Waals surface area contributed by atoms with Crippen molar-refractivity contribution >= 4 is 5.69 Å². The molecule has 1 aromatic carbocycles. The number of hydrogen-bond acceptors (Lipinski definition) is 3. The number of aryl methyl sites for hydroxylation is 1. The summed E-state index contributed by atoms with van der Waals surface area (Å²) in [5, 5.41) is 9.47. The molecule has 1 saturated heterocycles. The maximum atomic E-state index is 9.47. The number of quaternary nitrogens is 1. The van der Waals surface area contributed by atoms with Crippen molar-refractivity contribution in [3.63, 3.8) is 0 Å². The van der Waals surface area contributed by atoms with Crippen LogP contribution in [0.4, 0.5) is 5.69 Å². The Labute approximate surface area is 121 Å². The Morgan fingerprint density at radius 3 is 2.70 bits per heavy atom. The van der Waals surface area contributed by atoms with E-state index in [4.69, 9.17) is 10.5 Å². The van der Waals surface area contributed by atoms with Crippen molar-refractivity contribution in [1.29, 1.82) is 0 Å². The Balaban J connectivity index is 1.67.